The zero-order valence-electron chi connectivity index (χ0n) is 17.1. The van der Waals surface area contributed by atoms with Crippen LogP contribution in [0.1, 0.15) is 27.6 Å². The molecular weight excluding hydrogens is 404 g/mol. The second-order valence-corrected chi connectivity index (χ2v) is 7.29. The molecular formula is C24H20N6O2. The molecule has 0 fully saturated rings. The molecule has 2 aromatic carbocycles. The number of carbonyl (C=O) groups excluding carboxylic acids is 1. The van der Waals surface area contributed by atoms with E-state index in [4.69, 9.17) is 10.2 Å². The number of aromatic nitrogens is 4. The van der Waals surface area contributed by atoms with Crippen LogP contribution in [0.25, 0.3) is 16.7 Å². The number of hydrogen-bond donors (Lipinski definition) is 2. The van der Waals surface area contributed by atoms with Crippen molar-refractivity contribution in [3.8, 4) is 5.69 Å². The second-order valence-electron chi connectivity index (χ2n) is 7.29. The van der Waals surface area contributed by atoms with Crippen molar-refractivity contribution in [1.82, 2.24) is 24.8 Å². The number of nitrogens with two attached hydrogens (primary N) is 1. The van der Waals surface area contributed by atoms with E-state index in [0.717, 1.165) is 22.4 Å². The Kier molecular flexibility index (Phi) is 5.09. The van der Waals surface area contributed by atoms with Crippen molar-refractivity contribution in [2.45, 2.75) is 13.0 Å². The molecule has 0 saturated carbocycles. The maximum atomic E-state index is 12.5. The fourth-order valence-electron chi connectivity index (χ4n) is 3.52. The van der Waals surface area contributed by atoms with Crippen LogP contribution in [0.3, 0.4) is 0 Å². The van der Waals surface area contributed by atoms with Crippen LogP contribution < -0.4 is 11.1 Å². The molecule has 32 heavy (non-hydrogen) atoms. The van der Waals surface area contributed by atoms with E-state index in [-0.39, 0.29) is 12.5 Å². The van der Waals surface area contributed by atoms with E-state index in [2.05, 4.69) is 20.3 Å². The average Bonchev–Trinajstić information content (AvgIpc) is 3.46. The van der Waals surface area contributed by atoms with Gasteiger partial charge in [-0.2, -0.15) is 0 Å². The molecule has 0 bridgehead atoms. The Morgan fingerprint density at radius 2 is 1.81 bits per heavy atom. The lowest BCUT2D eigenvalue weighted by Crippen LogP contribution is -2.22. The fourth-order valence-corrected chi connectivity index (χ4v) is 3.52. The lowest BCUT2D eigenvalue weighted by molar-refractivity contribution is 0.0947. The molecule has 3 heterocycles. The zero-order valence-corrected chi connectivity index (χ0v) is 17.1. The Morgan fingerprint density at radius 1 is 1.00 bits per heavy atom. The van der Waals surface area contributed by atoms with Crippen LogP contribution in [-0.4, -0.2) is 25.4 Å². The number of anilines is 1. The third-order valence-electron chi connectivity index (χ3n) is 5.14. The minimum atomic E-state index is -0.205. The first-order valence-corrected chi connectivity index (χ1v) is 10.1. The topological polar surface area (TPSA) is 112 Å². The van der Waals surface area contributed by atoms with Gasteiger partial charge in [0.05, 0.1) is 18.1 Å². The standard InChI is InChI=1S/C24H20N6O2/c25-22-20-10-11-30(23(20)29-15-28-22)18-8-6-17(7-9-18)24(31)27-14-21-26-13-19(32-21)12-16-4-2-1-3-5-16/h1-11,13,15H,12,14H2,(H,27,31)(H2,25,28,29). The number of nitrogens with zero attached hydrogens (tertiary/aromatic N) is 4. The lowest BCUT2D eigenvalue weighted by atomic mass is 10.1. The SMILES string of the molecule is Nc1ncnc2c1ccn2-c1ccc(C(=O)NCc2ncc(Cc3ccccc3)o2)cc1. The monoisotopic (exact) mass is 424 g/mol. The summed E-state index contributed by atoms with van der Waals surface area (Å²) in [6.07, 6.45) is 5.67. The number of hydrogen-bond acceptors (Lipinski definition) is 6. The van der Waals surface area contributed by atoms with Crippen LogP contribution in [0.15, 0.2) is 83.8 Å². The van der Waals surface area contributed by atoms with Crippen LogP contribution in [0.5, 0.6) is 0 Å². The van der Waals surface area contributed by atoms with Crippen molar-refractivity contribution in [3.63, 3.8) is 0 Å². The largest absolute Gasteiger partial charge is 0.443 e. The van der Waals surface area contributed by atoms with Gasteiger partial charge in [-0.3, -0.25) is 4.79 Å². The molecule has 0 spiro atoms. The van der Waals surface area contributed by atoms with Crippen molar-refractivity contribution >= 4 is 22.8 Å². The summed E-state index contributed by atoms with van der Waals surface area (Å²) in [5.74, 6) is 1.46. The Balaban J connectivity index is 1.23. The molecule has 5 rings (SSSR count). The van der Waals surface area contributed by atoms with E-state index in [1.54, 1.807) is 18.3 Å². The lowest BCUT2D eigenvalue weighted by Gasteiger charge is -2.07. The van der Waals surface area contributed by atoms with Crippen molar-refractivity contribution in [1.29, 1.82) is 0 Å². The second kappa shape index (κ2) is 8.35. The van der Waals surface area contributed by atoms with Crippen molar-refractivity contribution in [3.05, 3.63) is 102 Å². The molecule has 0 radical (unpaired) electrons. The minimum Gasteiger partial charge on any atom is -0.443 e. The normalized spacial score (nSPS) is 11.0. The van der Waals surface area contributed by atoms with Crippen LogP contribution >= 0.6 is 0 Å². The summed E-state index contributed by atoms with van der Waals surface area (Å²) in [6, 6.07) is 19.1. The first-order valence-electron chi connectivity index (χ1n) is 10.1. The number of fused-ring (bicyclic) bond motifs is 1. The van der Waals surface area contributed by atoms with Gasteiger partial charge < -0.3 is 20.0 Å². The number of benzene rings is 2. The Hall–Kier alpha value is -4.46. The van der Waals surface area contributed by atoms with Crippen molar-refractivity contribution in [2.24, 2.45) is 0 Å². The first kappa shape index (κ1) is 19.5. The summed E-state index contributed by atoms with van der Waals surface area (Å²) in [5, 5.41) is 3.63. The van der Waals surface area contributed by atoms with Gasteiger partial charge in [-0.05, 0) is 35.9 Å². The summed E-state index contributed by atoms with van der Waals surface area (Å²) in [7, 11) is 0. The van der Waals surface area contributed by atoms with Gasteiger partial charge in [0.1, 0.15) is 23.6 Å². The van der Waals surface area contributed by atoms with Gasteiger partial charge in [0.25, 0.3) is 5.91 Å². The highest BCUT2D eigenvalue weighted by Crippen LogP contribution is 2.22. The predicted molar refractivity (Wildman–Crippen MR) is 120 cm³/mol. The van der Waals surface area contributed by atoms with Gasteiger partial charge in [0.15, 0.2) is 0 Å². The van der Waals surface area contributed by atoms with E-state index in [9.17, 15) is 4.79 Å². The molecule has 5 aromatic rings. The van der Waals surface area contributed by atoms with Crippen LogP contribution in [0.2, 0.25) is 0 Å². The molecule has 8 heteroatoms. The highest BCUT2D eigenvalue weighted by atomic mass is 16.4. The quantitative estimate of drug-likeness (QED) is 0.431. The summed E-state index contributed by atoms with van der Waals surface area (Å²) in [6.45, 7) is 0.216. The summed E-state index contributed by atoms with van der Waals surface area (Å²) < 4.78 is 7.64. The fraction of sp³-hybridized carbons (Fsp3) is 0.0833. The molecule has 0 unspecified atom stereocenters. The molecule has 0 aliphatic carbocycles. The van der Waals surface area contributed by atoms with Gasteiger partial charge in [-0.25, -0.2) is 15.0 Å². The number of rotatable bonds is 6. The Morgan fingerprint density at radius 3 is 2.62 bits per heavy atom. The van der Waals surface area contributed by atoms with Gasteiger partial charge >= 0.3 is 0 Å². The van der Waals surface area contributed by atoms with Crippen LogP contribution in [0, 0.1) is 0 Å². The maximum absolute atomic E-state index is 12.5. The van der Waals surface area contributed by atoms with Gasteiger partial charge in [0, 0.05) is 23.9 Å². The molecule has 1 amide bonds. The van der Waals surface area contributed by atoms with E-state index in [1.807, 2.05) is 59.3 Å². The first-order chi connectivity index (χ1) is 15.7. The summed E-state index contributed by atoms with van der Waals surface area (Å²) in [4.78, 5) is 25.1. The predicted octanol–water partition coefficient (Wildman–Crippen LogP) is 3.51. The number of nitrogens with one attached hydrogen (secondary N) is 1. The van der Waals surface area contributed by atoms with E-state index in [0.29, 0.717) is 29.3 Å². The molecule has 0 aliphatic heterocycles. The molecule has 158 valence electrons. The van der Waals surface area contributed by atoms with E-state index in [1.165, 1.54) is 6.33 Å². The molecule has 0 atom stereocenters. The molecule has 0 saturated heterocycles. The Labute approximate surface area is 183 Å². The number of amides is 1. The Bertz CT molecular complexity index is 1370. The third kappa shape index (κ3) is 3.93. The number of oxazole rings is 1. The maximum Gasteiger partial charge on any atom is 0.251 e. The molecule has 8 nitrogen and oxygen atoms in total. The van der Waals surface area contributed by atoms with Gasteiger partial charge in [-0.1, -0.05) is 30.3 Å². The highest BCUT2D eigenvalue weighted by molar-refractivity contribution is 5.94. The number of nitrogen functional groups attached to an aromatic ring is 1. The minimum absolute atomic E-state index is 0.205. The molecule has 0 aliphatic rings. The van der Waals surface area contributed by atoms with Crippen molar-refractivity contribution in [2.75, 3.05) is 5.73 Å². The smallest absolute Gasteiger partial charge is 0.251 e. The van der Waals surface area contributed by atoms with Gasteiger partial charge in [-0.15, -0.1) is 0 Å². The third-order valence-corrected chi connectivity index (χ3v) is 5.14. The number of carbonyl (C=O) groups is 1. The summed E-state index contributed by atoms with van der Waals surface area (Å²) in [5.41, 5.74) is 9.16. The van der Waals surface area contributed by atoms with Crippen molar-refractivity contribution < 1.29 is 9.21 Å². The summed E-state index contributed by atoms with van der Waals surface area (Å²) >= 11 is 0. The zero-order chi connectivity index (χ0) is 21.9. The van der Waals surface area contributed by atoms with Crippen LogP contribution in [-0.2, 0) is 13.0 Å². The van der Waals surface area contributed by atoms with E-state index < -0.39 is 0 Å². The average molecular weight is 424 g/mol. The van der Waals surface area contributed by atoms with E-state index >= 15 is 0 Å². The van der Waals surface area contributed by atoms with Crippen LogP contribution in [0.4, 0.5) is 5.82 Å². The molecule has 3 N–H and O–H groups in total. The molecule has 3 aromatic heterocycles. The van der Waals surface area contributed by atoms with Gasteiger partial charge in [0.2, 0.25) is 5.89 Å². The highest BCUT2D eigenvalue weighted by Gasteiger charge is 2.11.